The molecule has 1 aromatic rings. The second kappa shape index (κ2) is 5.33. The van der Waals surface area contributed by atoms with Crippen LogP contribution in [0, 0.1) is 5.82 Å². The summed E-state index contributed by atoms with van der Waals surface area (Å²) < 4.78 is 49.2. The molecule has 0 aliphatic rings. The largest absolute Gasteiger partial charge is 0.398 e. The second-order valence-corrected chi connectivity index (χ2v) is 3.65. The third-order valence-electron chi connectivity index (χ3n) is 2.34. The molecule has 0 bridgehead atoms. The summed E-state index contributed by atoms with van der Waals surface area (Å²) in [6, 6.07) is 2.68. The van der Waals surface area contributed by atoms with Gasteiger partial charge in [-0.25, -0.2) is 4.39 Å². The van der Waals surface area contributed by atoms with Gasteiger partial charge in [-0.15, -0.1) is 0 Å². The van der Waals surface area contributed by atoms with Crippen molar-refractivity contribution in [2.45, 2.75) is 25.1 Å². The van der Waals surface area contributed by atoms with E-state index in [0.29, 0.717) is 0 Å². The maximum atomic E-state index is 13.0. The smallest absolute Gasteiger partial charge is 0.389 e. The van der Waals surface area contributed by atoms with E-state index >= 15 is 0 Å². The van der Waals surface area contributed by atoms with Gasteiger partial charge in [-0.05, 0) is 30.2 Å². The first-order chi connectivity index (χ1) is 7.83. The monoisotopic (exact) mass is 251 g/mol. The predicted molar refractivity (Wildman–Crippen MR) is 56.2 cm³/mol. The van der Waals surface area contributed by atoms with E-state index in [0.717, 1.165) is 12.1 Å². The fraction of sp³-hybridized carbons (Fsp3) is 0.400. The number of nitrogens with two attached hydrogens (primary N) is 2. The molecule has 1 aromatic carbocycles. The second-order valence-electron chi connectivity index (χ2n) is 3.65. The third-order valence-corrected chi connectivity index (χ3v) is 2.34. The van der Waals surface area contributed by atoms with Crippen molar-refractivity contribution in [1.82, 2.24) is 5.43 Å². The molecule has 17 heavy (non-hydrogen) atoms. The SMILES string of the molecule is NNC(CCC(F)(F)F)c1cc(F)ccc1N. The molecule has 0 aliphatic heterocycles. The molecule has 0 spiro atoms. The molecule has 1 unspecified atom stereocenters. The number of anilines is 1. The molecule has 7 heteroatoms. The Labute approximate surface area is 95.8 Å². The number of hydrazine groups is 1. The lowest BCUT2D eigenvalue weighted by Gasteiger charge is -2.19. The quantitative estimate of drug-likeness (QED) is 0.333. The van der Waals surface area contributed by atoms with Gasteiger partial charge in [0.25, 0.3) is 0 Å². The van der Waals surface area contributed by atoms with E-state index in [9.17, 15) is 17.6 Å². The summed E-state index contributed by atoms with van der Waals surface area (Å²) in [5.41, 5.74) is 8.21. The summed E-state index contributed by atoms with van der Waals surface area (Å²) in [5.74, 6) is 4.59. The highest BCUT2D eigenvalue weighted by Crippen LogP contribution is 2.29. The first kappa shape index (κ1) is 13.7. The van der Waals surface area contributed by atoms with Gasteiger partial charge in [-0.3, -0.25) is 11.3 Å². The van der Waals surface area contributed by atoms with E-state index < -0.39 is 24.5 Å². The number of hydrogen-bond acceptors (Lipinski definition) is 3. The highest BCUT2D eigenvalue weighted by Gasteiger charge is 2.29. The van der Waals surface area contributed by atoms with Gasteiger partial charge < -0.3 is 5.73 Å². The maximum Gasteiger partial charge on any atom is 0.389 e. The summed E-state index contributed by atoms with van der Waals surface area (Å²) in [4.78, 5) is 0. The molecule has 0 aliphatic carbocycles. The molecule has 3 nitrogen and oxygen atoms in total. The number of nitrogens with one attached hydrogen (secondary N) is 1. The van der Waals surface area contributed by atoms with Crippen LogP contribution in [0.25, 0.3) is 0 Å². The molecule has 1 atom stereocenters. The van der Waals surface area contributed by atoms with Crippen LogP contribution in [0.5, 0.6) is 0 Å². The van der Waals surface area contributed by atoms with Gasteiger partial charge in [0, 0.05) is 18.2 Å². The minimum Gasteiger partial charge on any atom is -0.398 e. The lowest BCUT2D eigenvalue weighted by atomic mass is 10.0. The van der Waals surface area contributed by atoms with E-state index in [-0.39, 0.29) is 17.7 Å². The number of rotatable bonds is 4. The minimum absolute atomic E-state index is 0.205. The van der Waals surface area contributed by atoms with E-state index in [1.165, 1.54) is 6.07 Å². The molecular weight excluding hydrogens is 238 g/mol. The molecule has 0 saturated heterocycles. The first-order valence-corrected chi connectivity index (χ1v) is 4.91. The summed E-state index contributed by atoms with van der Waals surface area (Å²) in [5, 5.41) is 0. The van der Waals surface area contributed by atoms with Crippen LogP contribution in [0.3, 0.4) is 0 Å². The first-order valence-electron chi connectivity index (χ1n) is 4.91. The lowest BCUT2D eigenvalue weighted by Crippen LogP contribution is -2.29. The molecule has 5 N–H and O–H groups in total. The molecule has 96 valence electrons. The van der Waals surface area contributed by atoms with Crippen LogP contribution in [0.15, 0.2) is 18.2 Å². The Balaban J connectivity index is 2.82. The van der Waals surface area contributed by atoms with Gasteiger partial charge in [0.15, 0.2) is 0 Å². The Kier molecular flexibility index (Phi) is 4.30. The highest BCUT2D eigenvalue weighted by molar-refractivity contribution is 5.48. The van der Waals surface area contributed by atoms with Crippen molar-refractivity contribution in [2.24, 2.45) is 5.84 Å². The van der Waals surface area contributed by atoms with Crippen LogP contribution in [0.1, 0.15) is 24.4 Å². The zero-order valence-corrected chi connectivity index (χ0v) is 8.89. The fourth-order valence-corrected chi connectivity index (χ4v) is 1.48. The van der Waals surface area contributed by atoms with Crippen molar-refractivity contribution in [3.63, 3.8) is 0 Å². The number of nitrogen functional groups attached to an aromatic ring is 1. The van der Waals surface area contributed by atoms with Crippen LogP contribution >= 0.6 is 0 Å². The molecule has 0 aromatic heterocycles. The number of hydrogen-bond donors (Lipinski definition) is 3. The summed E-state index contributed by atoms with van der Waals surface area (Å²) >= 11 is 0. The Morgan fingerprint density at radius 1 is 1.29 bits per heavy atom. The minimum atomic E-state index is -4.28. The van der Waals surface area contributed by atoms with E-state index in [1.54, 1.807) is 0 Å². The van der Waals surface area contributed by atoms with Crippen molar-refractivity contribution in [1.29, 1.82) is 0 Å². The Bertz CT molecular complexity index is 378. The Morgan fingerprint density at radius 2 is 1.94 bits per heavy atom. The highest BCUT2D eigenvalue weighted by atomic mass is 19.4. The topological polar surface area (TPSA) is 64.1 Å². The van der Waals surface area contributed by atoms with Crippen molar-refractivity contribution in [3.8, 4) is 0 Å². The molecule has 0 heterocycles. The zero-order valence-electron chi connectivity index (χ0n) is 8.89. The van der Waals surface area contributed by atoms with E-state index in [1.807, 2.05) is 0 Å². The zero-order chi connectivity index (χ0) is 13.1. The van der Waals surface area contributed by atoms with Crippen LogP contribution in [0.2, 0.25) is 0 Å². The molecule has 0 fully saturated rings. The van der Waals surface area contributed by atoms with Gasteiger partial charge in [-0.2, -0.15) is 13.2 Å². The normalized spacial score (nSPS) is 13.7. The number of benzene rings is 1. The van der Waals surface area contributed by atoms with Crippen molar-refractivity contribution >= 4 is 5.69 Å². The van der Waals surface area contributed by atoms with Crippen LogP contribution in [-0.4, -0.2) is 6.18 Å². The fourth-order valence-electron chi connectivity index (χ4n) is 1.48. The summed E-state index contributed by atoms with van der Waals surface area (Å²) in [7, 11) is 0. The van der Waals surface area contributed by atoms with Gasteiger partial charge >= 0.3 is 6.18 Å². The Morgan fingerprint density at radius 3 is 2.47 bits per heavy atom. The lowest BCUT2D eigenvalue weighted by molar-refractivity contribution is -0.136. The van der Waals surface area contributed by atoms with Crippen LogP contribution in [0.4, 0.5) is 23.2 Å². The van der Waals surface area contributed by atoms with Gasteiger partial charge in [0.2, 0.25) is 0 Å². The molecule has 0 saturated carbocycles. The molecular formula is C10H13F4N3. The standard InChI is InChI=1S/C10H13F4N3/c11-6-1-2-8(15)7(5-6)9(17-16)3-4-10(12,13)14/h1-2,5,9,17H,3-4,15-16H2. The maximum absolute atomic E-state index is 13.0. The van der Waals surface area contributed by atoms with Crippen LogP contribution in [-0.2, 0) is 0 Å². The van der Waals surface area contributed by atoms with Crippen molar-refractivity contribution in [3.05, 3.63) is 29.6 Å². The van der Waals surface area contributed by atoms with Gasteiger partial charge in [0.1, 0.15) is 5.82 Å². The summed E-state index contributed by atoms with van der Waals surface area (Å²) in [6.07, 6.45) is -5.59. The average Bonchev–Trinajstić information content (AvgIpc) is 2.22. The van der Waals surface area contributed by atoms with Crippen molar-refractivity contribution in [2.75, 3.05) is 5.73 Å². The average molecular weight is 251 g/mol. The van der Waals surface area contributed by atoms with Gasteiger partial charge in [-0.1, -0.05) is 0 Å². The molecule has 0 radical (unpaired) electrons. The molecule has 0 amide bonds. The third kappa shape index (κ3) is 4.20. The predicted octanol–water partition coefficient (Wildman–Crippen LogP) is 2.25. The Hall–Kier alpha value is -1.34. The van der Waals surface area contributed by atoms with Crippen molar-refractivity contribution < 1.29 is 17.6 Å². The number of alkyl halides is 3. The van der Waals surface area contributed by atoms with E-state index in [2.05, 4.69) is 5.43 Å². The van der Waals surface area contributed by atoms with Gasteiger partial charge in [0.05, 0.1) is 0 Å². The summed E-state index contributed by atoms with van der Waals surface area (Å²) in [6.45, 7) is 0. The van der Waals surface area contributed by atoms with E-state index in [4.69, 9.17) is 11.6 Å². The van der Waals surface area contributed by atoms with Crippen LogP contribution < -0.4 is 17.0 Å². The molecule has 1 rings (SSSR count). The number of halogens is 4.